The minimum atomic E-state index is -0.331. The van der Waals surface area contributed by atoms with E-state index < -0.39 is 0 Å². The van der Waals surface area contributed by atoms with Crippen LogP contribution in [0.1, 0.15) is 38.4 Å². The van der Waals surface area contributed by atoms with E-state index in [1.165, 1.54) is 5.69 Å². The summed E-state index contributed by atoms with van der Waals surface area (Å²) in [6.45, 7) is 8.19. The molecule has 0 radical (unpaired) electrons. The lowest BCUT2D eigenvalue weighted by molar-refractivity contribution is -0.136. The first-order valence-corrected chi connectivity index (χ1v) is 10.4. The Labute approximate surface area is 175 Å². The fourth-order valence-corrected chi connectivity index (χ4v) is 4.53. The second-order valence-electron chi connectivity index (χ2n) is 9.15. The molecule has 158 valence electrons. The number of hydrogen-bond donors (Lipinski definition) is 0. The fourth-order valence-electron chi connectivity index (χ4n) is 4.53. The second kappa shape index (κ2) is 6.75. The first-order chi connectivity index (χ1) is 14.3. The van der Waals surface area contributed by atoms with Crippen LogP contribution in [0.3, 0.4) is 0 Å². The van der Waals surface area contributed by atoms with E-state index >= 15 is 0 Å². The SMILES string of the molecule is CC(C)(C)n1ncc2c1CCN(C(=O)C1CC(=O)N(c3ccc4c(c3)OCO4)C1)C2. The molecule has 3 aliphatic rings. The highest BCUT2D eigenvalue weighted by atomic mass is 16.7. The highest BCUT2D eigenvalue weighted by molar-refractivity contribution is 6.00. The number of ether oxygens (including phenoxy) is 2. The Kier molecular flexibility index (Phi) is 4.27. The Hall–Kier alpha value is -3.03. The van der Waals surface area contributed by atoms with Crippen molar-refractivity contribution in [3.05, 3.63) is 35.7 Å². The largest absolute Gasteiger partial charge is 0.454 e. The van der Waals surface area contributed by atoms with Gasteiger partial charge in [0.25, 0.3) is 0 Å². The summed E-state index contributed by atoms with van der Waals surface area (Å²) in [7, 11) is 0. The third-order valence-corrected chi connectivity index (χ3v) is 6.02. The van der Waals surface area contributed by atoms with Gasteiger partial charge in [0.1, 0.15) is 0 Å². The predicted octanol–water partition coefficient (Wildman–Crippen LogP) is 2.30. The summed E-state index contributed by atoms with van der Waals surface area (Å²) in [6, 6.07) is 5.45. The number of rotatable bonds is 2. The van der Waals surface area contributed by atoms with Crippen LogP contribution in [0.25, 0.3) is 0 Å². The molecule has 0 saturated carbocycles. The summed E-state index contributed by atoms with van der Waals surface area (Å²) in [5, 5.41) is 4.55. The van der Waals surface area contributed by atoms with Gasteiger partial charge in [0.05, 0.1) is 17.7 Å². The molecule has 2 aromatic rings. The van der Waals surface area contributed by atoms with Gasteiger partial charge in [0.2, 0.25) is 18.6 Å². The summed E-state index contributed by atoms with van der Waals surface area (Å²) >= 11 is 0. The molecule has 3 aliphatic heterocycles. The summed E-state index contributed by atoms with van der Waals surface area (Å²) < 4.78 is 12.8. The highest BCUT2D eigenvalue weighted by Crippen LogP contribution is 2.37. The van der Waals surface area contributed by atoms with Crippen LogP contribution >= 0.6 is 0 Å². The van der Waals surface area contributed by atoms with Crippen LogP contribution in [0.5, 0.6) is 11.5 Å². The monoisotopic (exact) mass is 410 g/mol. The molecule has 1 atom stereocenters. The summed E-state index contributed by atoms with van der Waals surface area (Å²) in [4.78, 5) is 29.4. The molecule has 30 heavy (non-hydrogen) atoms. The molecule has 5 rings (SSSR count). The van der Waals surface area contributed by atoms with Gasteiger partial charge in [-0.25, -0.2) is 0 Å². The number of benzene rings is 1. The number of anilines is 1. The molecule has 8 nitrogen and oxygen atoms in total. The molecule has 0 N–H and O–H groups in total. The summed E-state index contributed by atoms with van der Waals surface area (Å²) in [6.07, 6.45) is 2.89. The molecule has 0 spiro atoms. The van der Waals surface area contributed by atoms with Gasteiger partial charge in [-0.3, -0.25) is 14.3 Å². The Morgan fingerprint density at radius 2 is 2.00 bits per heavy atom. The summed E-state index contributed by atoms with van der Waals surface area (Å²) in [5.74, 6) is 0.987. The van der Waals surface area contributed by atoms with Crippen molar-refractivity contribution in [2.45, 2.75) is 45.7 Å². The number of fused-ring (bicyclic) bond motifs is 2. The molecule has 1 aromatic carbocycles. The molecule has 1 saturated heterocycles. The van der Waals surface area contributed by atoms with Crippen LogP contribution in [-0.4, -0.2) is 46.4 Å². The quantitative estimate of drug-likeness (QED) is 0.759. The Morgan fingerprint density at radius 3 is 2.80 bits per heavy atom. The third kappa shape index (κ3) is 3.11. The number of hydrogen-bond acceptors (Lipinski definition) is 5. The first-order valence-electron chi connectivity index (χ1n) is 10.4. The number of aromatic nitrogens is 2. The maximum Gasteiger partial charge on any atom is 0.231 e. The minimum absolute atomic E-state index is 0.0366. The van der Waals surface area contributed by atoms with Crippen molar-refractivity contribution in [3.63, 3.8) is 0 Å². The average molecular weight is 410 g/mol. The topological polar surface area (TPSA) is 76.9 Å². The Morgan fingerprint density at radius 1 is 1.20 bits per heavy atom. The zero-order valence-corrected chi connectivity index (χ0v) is 17.6. The van der Waals surface area contributed by atoms with Gasteiger partial charge in [-0.05, 0) is 32.9 Å². The van der Waals surface area contributed by atoms with Crippen molar-refractivity contribution in [1.29, 1.82) is 0 Å². The standard InChI is InChI=1S/C22H26N4O4/c1-22(2,3)26-17-6-7-24(11-15(17)10-23-26)21(28)14-8-20(27)25(12-14)16-4-5-18-19(9-16)30-13-29-18/h4-5,9-10,14H,6-8,11-13H2,1-3H3. The molecule has 8 heteroatoms. The molecular formula is C22H26N4O4. The van der Waals surface area contributed by atoms with Crippen LogP contribution < -0.4 is 14.4 Å². The van der Waals surface area contributed by atoms with Crippen LogP contribution in [0.2, 0.25) is 0 Å². The lowest BCUT2D eigenvalue weighted by Gasteiger charge is -2.31. The third-order valence-electron chi connectivity index (χ3n) is 6.02. The van der Waals surface area contributed by atoms with Crippen molar-refractivity contribution < 1.29 is 19.1 Å². The van der Waals surface area contributed by atoms with Gasteiger partial charge >= 0.3 is 0 Å². The van der Waals surface area contributed by atoms with Crippen molar-refractivity contribution in [3.8, 4) is 11.5 Å². The van der Waals surface area contributed by atoms with Crippen LogP contribution in [-0.2, 0) is 28.1 Å². The molecule has 4 heterocycles. The molecule has 0 bridgehead atoms. The van der Waals surface area contributed by atoms with Gasteiger partial charge in [-0.2, -0.15) is 5.10 Å². The number of carbonyl (C=O) groups is 2. The van der Waals surface area contributed by atoms with Crippen molar-refractivity contribution in [2.75, 3.05) is 24.8 Å². The van der Waals surface area contributed by atoms with Crippen molar-refractivity contribution in [2.24, 2.45) is 5.92 Å². The smallest absolute Gasteiger partial charge is 0.231 e. The fraction of sp³-hybridized carbons (Fsp3) is 0.500. The van der Waals surface area contributed by atoms with E-state index in [9.17, 15) is 9.59 Å². The first kappa shape index (κ1) is 19.0. The van der Waals surface area contributed by atoms with E-state index in [1.54, 1.807) is 17.0 Å². The molecule has 1 aromatic heterocycles. The maximum atomic E-state index is 13.2. The lowest BCUT2D eigenvalue weighted by atomic mass is 10.0. The van der Waals surface area contributed by atoms with E-state index in [-0.39, 0.29) is 36.5 Å². The molecule has 0 aliphatic carbocycles. The number of carbonyl (C=O) groups excluding carboxylic acids is 2. The molecule has 1 fully saturated rings. The minimum Gasteiger partial charge on any atom is -0.454 e. The zero-order chi connectivity index (χ0) is 21.0. The van der Waals surface area contributed by atoms with E-state index in [2.05, 4.69) is 30.6 Å². The highest BCUT2D eigenvalue weighted by Gasteiger charge is 2.39. The van der Waals surface area contributed by atoms with Crippen LogP contribution in [0.4, 0.5) is 5.69 Å². The van der Waals surface area contributed by atoms with E-state index in [4.69, 9.17) is 9.47 Å². The lowest BCUT2D eigenvalue weighted by Crippen LogP contribution is -2.41. The number of amides is 2. The van der Waals surface area contributed by atoms with Crippen LogP contribution in [0.15, 0.2) is 24.4 Å². The Bertz CT molecular complexity index is 1020. The zero-order valence-electron chi connectivity index (χ0n) is 17.6. The second-order valence-corrected chi connectivity index (χ2v) is 9.15. The normalized spacial score (nSPS) is 20.6. The summed E-state index contributed by atoms with van der Waals surface area (Å²) in [5.41, 5.74) is 2.97. The molecular weight excluding hydrogens is 384 g/mol. The Balaban J connectivity index is 1.29. The van der Waals surface area contributed by atoms with Crippen molar-refractivity contribution >= 4 is 17.5 Å². The van der Waals surface area contributed by atoms with Gasteiger partial charge in [-0.1, -0.05) is 0 Å². The predicted molar refractivity (Wildman–Crippen MR) is 109 cm³/mol. The van der Waals surface area contributed by atoms with Gasteiger partial charge in [0.15, 0.2) is 11.5 Å². The molecule has 2 amide bonds. The van der Waals surface area contributed by atoms with E-state index in [0.29, 0.717) is 31.1 Å². The molecule has 1 unspecified atom stereocenters. The van der Waals surface area contributed by atoms with Crippen molar-refractivity contribution in [1.82, 2.24) is 14.7 Å². The van der Waals surface area contributed by atoms with Gasteiger partial charge in [0, 0.05) is 55.5 Å². The van der Waals surface area contributed by atoms with Gasteiger partial charge in [-0.15, -0.1) is 0 Å². The number of nitrogens with zero attached hydrogens (tertiary/aromatic N) is 4. The van der Waals surface area contributed by atoms with Gasteiger partial charge < -0.3 is 19.3 Å². The van der Waals surface area contributed by atoms with E-state index in [1.807, 2.05) is 17.2 Å². The van der Waals surface area contributed by atoms with E-state index in [0.717, 1.165) is 17.7 Å². The maximum absolute atomic E-state index is 13.2. The van der Waals surface area contributed by atoms with Crippen LogP contribution in [0, 0.1) is 5.92 Å². The average Bonchev–Trinajstić information content (AvgIpc) is 3.43.